The zero-order valence-electron chi connectivity index (χ0n) is 8.38. The molecule has 0 saturated carbocycles. The Morgan fingerprint density at radius 1 is 1.20 bits per heavy atom. The number of benzene rings is 1. The number of sulfone groups is 1. The molecule has 1 aromatic rings. The minimum Gasteiger partial charge on any atom is -0.480 e. The first-order valence-corrected chi connectivity index (χ1v) is 5.78. The standard InChI is InChI=1S/C9H10O4S.Na/c10-9(11)7-14(12,13)6-8-4-2-1-3-5-8;/h1-5H,6-7H2,(H,10,11);/q;+1. The quantitative estimate of drug-likeness (QED) is 0.597. The molecule has 0 aliphatic heterocycles. The molecule has 76 valence electrons. The SMILES string of the molecule is O=C(O)CS(=O)(=O)Cc1ccccc1.[Na+]. The summed E-state index contributed by atoms with van der Waals surface area (Å²) >= 11 is 0. The van der Waals surface area contributed by atoms with Crippen molar-refractivity contribution in [2.45, 2.75) is 5.75 Å². The molecule has 0 unspecified atom stereocenters. The van der Waals surface area contributed by atoms with Crippen LogP contribution in [0.1, 0.15) is 5.56 Å². The molecule has 0 saturated heterocycles. The van der Waals surface area contributed by atoms with Crippen LogP contribution >= 0.6 is 0 Å². The second-order valence-electron chi connectivity index (χ2n) is 2.91. The summed E-state index contributed by atoms with van der Waals surface area (Å²) < 4.78 is 22.5. The summed E-state index contributed by atoms with van der Waals surface area (Å²) in [5.41, 5.74) is 0.605. The second kappa shape index (κ2) is 6.27. The van der Waals surface area contributed by atoms with Crippen LogP contribution in [0.4, 0.5) is 0 Å². The topological polar surface area (TPSA) is 71.4 Å². The molecule has 0 aromatic heterocycles. The largest absolute Gasteiger partial charge is 1.00 e. The zero-order chi connectivity index (χ0) is 10.6. The van der Waals surface area contributed by atoms with Crippen molar-refractivity contribution in [1.82, 2.24) is 0 Å². The van der Waals surface area contributed by atoms with Crippen molar-refractivity contribution in [1.29, 1.82) is 0 Å². The number of rotatable bonds is 4. The molecular weight excluding hydrogens is 227 g/mol. The van der Waals surface area contributed by atoms with Crippen LogP contribution in [0.3, 0.4) is 0 Å². The van der Waals surface area contributed by atoms with Crippen molar-refractivity contribution >= 4 is 15.8 Å². The number of carboxylic acid groups (broad SMARTS) is 1. The van der Waals surface area contributed by atoms with Crippen LogP contribution in [-0.4, -0.2) is 25.2 Å². The molecule has 4 nitrogen and oxygen atoms in total. The second-order valence-corrected chi connectivity index (χ2v) is 4.98. The van der Waals surface area contributed by atoms with Gasteiger partial charge in [-0.2, -0.15) is 0 Å². The predicted octanol–water partition coefficient (Wildman–Crippen LogP) is -2.31. The number of hydrogen-bond acceptors (Lipinski definition) is 3. The molecule has 0 bridgehead atoms. The first kappa shape index (κ1) is 14.6. The Labute approximate surface area is 111 Å². The molecule has 6 heteroatoms. The van der Waals surface area contributed by atoms with Crippen molar-refractivity contribution in [2.75, 3.05) is 5.75 Å². The van der Waals surface area contributed by atoms with Crippen LogP contribution in [0.15, 0.2) is 30.3 Å². The van der Waals surface area contributed by atoms with E-state index in [9.17, 15) is 13.2 Å². The van der Waals surface area contributed by atoms with Gasteiger partial charge in [0.15, 0.2) is 9.84 Å². The first-order valence-electron chi connectivity index (χ1n) is 3.96. The van der Waals surface area contributed by atoms with E-state index in [0.717, 1.165) is 0 Å². The Hall–Kier alpha value is -0.360. The molecule has 0 radical (unpaired) electrons. The Bertz CT molecular complexity index is 413. The monoisotopic (exact) mass is 237 g/mol. The fraction of sp³-hybridized carbons (Fsp3) is 0.222. The van der Waals surface area contributed by atoms with Gasteiger partial charge in [-0.25, -0.2) is 8.42 Å². The number of hydrogen-bond donors (Lipinski definition) is 1. The number of aliphatic carboxylic acids is 1. The summed E-state index contributed by atoms with van der Waals surface area (Å²) in [7, 11) is -3.53. The molecular formula is C9H10NaO4S+. The van der Waals surface area contributed by atoms with E-state index in [1.807, 2.05) is 0 Å². The van der Waals surface area contributed by atoms with Crippen LogP contribution in [0.2, 0.25) is 0 Å². The van der Waals surface area contributed by atoms with E-state index in [1.165, 1.54) is 0 Å². The summed E-state index contributed by atoms with van der Waals surface area (Å²) in [5.74, 6) is -2.36. The van der Waals surface area contributed by atoms with E-state index in [-0.39, 0.29) is 35.3 Å². The van der Waals surface area contributed by atoms with Crippen molar-refractivity contribution < 1.29 is 47.9 Å². The van der Waals surface area contributed by atoms with Crippen LogP contribution in [0.5, 0.6) is 0 Å². The third kappa shape index (κ3) is 5.94. The summed E-state index contributed by atoms with van der Waals surface area (Å²) in [6, 6.07) is 8.50. The van der Waals surface area contributed by atoms with Crippen LogP contribution in [0.25, 0.3) is 0 Å². The molecule has 0 heterocycles. The van der Waals surface area contributed by atoms with Gasteiger partial charge in [-0.15, -0.1) is 0 Å². The first-order chi connectivity index (χ1) is 6.49. The molecule has 0 amide bonds. The number of carboxylic acids is 1. The number of carbonyl (C=O) groups is 1. The molecule has 0 spiro atoms. The molecule has 0 aliphatic carbocycles. The average Bonchev–Trinajstić information content (AvgIpc) is 2.02. The zero-order valence-corrected chi connectivity index (χ0v) is 11.2. The van der Waals surface area contributed by atoms with Gasteiger partial charge in [-0.05, 0) is 5.56 Å². The van der Waals surface area contributed by atoms with Crippen LogP contribution < -0.4 is 29.6 Å². The molecule has 0 aliphatic rings. The summed E-state index contributed by atoms with van der Waals surface area (Å²) in [4.78, 5) is 10.2. The maximum Gasteiger partial charge on any atom is 1.00 e. The van der Waals surface area contributed by atoms with Gasteiger partial charge in [0.25, 0.3) is 0 Å². The minimum absolute atomic E-state index is 0. The molecule has 1 rings (SSSR count). The van der Waals surface area contributed by atoms with E-state index >= 15 is 0 Å². The van der Waals surface area contributed by atoms with Gasteiger partial charge in [0.2, 0.25) is 0 Å². The van der Waals surface area contributed by atoms with Crippen LogP contribution in [0, 0.1) is 0 Å². The van der Waals surface area contributed by atoms with Crippen molar-refractivity contribution in [2.24, 2.45) is 0 Å². The Morgan fingerprint density at radius 2 is 1.73 bits per heavy atom. The van der Waals surface area contributed by atoms with E-state index in [2.05, 4.69) is 0 Å². The minimum atomic E-state index is -3.53. The van der Waals surface area contributed by atoms with E-state index in [1.54, 1.807) is 30.3 Å². The summed E-state index contributed by atoms with van der Waals surface area (Å²) in [6.45, 7) is 0. The Morgan fingerprint density at radius 3 is 2.20 bits per heavy atom. The van der Waals surface area contributed by atoms with Crippen molar-refractivity contribution in [3.05, 3.63) is 35.9 Å². The predicted molar refractivity (Wildman–Crippen MR) is 51.6 cm³/mol. The maximum absolute atomic E-state index is 11.2. The third-order valence-corrected chi connectivity index (χ3v) is 3.03. The van der Waals surface area contributed by atoms with Crippen molar-refractivity contribution in [3.8, 4) is 0 Å². The maximum atomic E-state index is 11.2. The van der Waals surface area contributed by atoms with Gasteiger partial charge in [0, 0.05) is 0 Å². The molecule has 1 N–H and O–H groups in total. The van der Waals surface area contributed by atoms with Gasteiger partial charge in [-0.1, -0.05) is 30.3 Å². The summed E-state index contributed by atoms with van der Waals surface area (Å²) in [5, 5.41) is 8.35. The van der Waals surface area contributed by atoms with Gasteiger partial charge in [0.1, 0.15) is 5.75 Å². The molecule has 0 fully saturated rings. The third-order valence-electron chi connectivity index (χ3n) is 1.57. The van der Waals surface area contributed by atoms with E-state index < -0.39 is 21.6 Å². The summed E-state index contributed by atoms with van der Waals surface area (Å²) in [6.07, 6.45) is 0. The Kier molecular flexibility index (Phi) is 6.12. The molecule has 15 heavy (non-hydrogen) atoms. The molecule has 0 atom stereocenters. The van der Waals surface area contributed by atoms with Crippen molar-refractivity contribution in [3.63, 3.8) is 0 Å². The van der Waals surface area contributed by atoms with Gasteiger partial charge in [0.05, 0.1) is 5.75 Å². The van der Waals surface area contributed by atoms with E-state index in [0.29, 0.717) is 5.56 Å². The fourth-order valence-electron chi connectivity index (χ4n) is 1.07. The Balaban J connectivity index is 0.00000196. The fourth-order valence-corrected chi connectivity index (χ4v) is 2.25. The van der Waals surface area contributed by atoms with Gasteiger partial charge < -0.3 is 5.11 Å². The van der Waals surface area contributed by atoms with E-state index in [4.69, 9.17) is 5.11 Å². The van der Waals surface area contributed by atoms with Crippen LogP contribution in [-0.2, 0) is 20.4 Å². The van der Waals surface area contributed by atoms with Gasteiger partial charge >= 0.3 is 35.5 Å². The molecule has 1 aromatic carbocycles. The van der Waals surface area contributed by atoms with Gasteiger partial charge in [-0.3, -0.25) is 4.79 Å². The average molecular weight is 237 g/mol. The smallest absolute Gasteiger partial charge is 0.480 e. The normalized spacial score (nSPS) is 10.4.